The second-order valence-electron chi connectivity index (χ2n) is 4.30. The van der Waals surface area contributed by atoms with Crippen molar-refractivity contribution in [2.75, 3.05) is 18.1 Å². The minimum Gasteiger partial charge on any atom is -0.355 e. The molecule has 0 aliphatic heterocycles. The second-order valence-corrected chi connectivity index (χ2v) is 6.77. The molecule has 0 aromatic rings. The Morgan fingerprint density at radius 3 is 2.62 bits per heavy atom. The van der Waals surface area contributed by atoms with Crippen LogP contribution >= 0.6 is 0 Å². The third-order valence-corrected chi connectivity index (χ3v) is 4.70. The summed E-state index contributed by atoms with van der Waals surface area (Å²) in [4.78, 5) is 11.6. The SMILES string of the molecule is CCS(=O)(=O)CCNC(=O)C1CCC(N)C1. The van der Waals surface area contributed by atoms with Gasteiger partial charge >= 0.3 is 0 Å². The van der Waals surface area contributed by atoms with E-state index in [0.29, 0.717) is 6.42 Å². The monoisotopic (exact) mass is 248 g/mol. The molecule has 3 N–H and O–H groups in total. The topological polar surface area (TPSA) is 89.3 Å². The standard InChI is InChI=1S/C10H20N2O3S/c1-2-16(14,15)6-5-12-10(13)8-3-4-9(11)7-8/h8-9H,2-7,11H2,1H3,(H,12,13). The van der Waals surface area contributed by atoms with E-state index in [2.05, 4.69) is 5.32 Å². The number of nitrogens with two attached hydrogens (primary N) is 1. The Balaban J connectivity index is 2.26. The highest BCUT2D eigenvalue weighted by atomic mass is 32.2. The summed E-state index contributed by atoms with van der Waals surface area (Å²) in [5, 5.41) is 2.66. The van der Waals surface area contributed by atoms with E-state index in [1.807, 2.05) is 0 Å². The summed E-state index contributed by atoms with van der Waals surface area (Å²) in [6.07, 6.45) is 2.41. The van der Waals surface area contributed by atoms with Crippen molar-refractivity contribution in [3.63, 3.8) is 0 Å². The van der Waals surface area contributed by atoms with Gasteiger partial charge in [-0.1, -0.05) is 6.92 Å². The maximum absolute atomic E-state index is 11.6. The normalized spacial score (nSPS) is 25.6. The minimum absolute atomic E-state index is 0.0218. The van der Waals surface area contributed by atoms with Crippen LogP contribution in [0.5, 0.6) is 0 Å². The van der Waals surface area contributed by atoms with Crippen molar-refractivity contribution in [3.05, 3.63) is 0 Å². The van der Waals surface area contributed by atoms with Crippen molar-refractivity contribution >= 4 is 15.7 Å². The molecule has 0 aromatic carbocycles. The molecule has 2 atom stereocenters. The number of sulfone groups is 1. The van der Waals surface area contributed by atoms with E-state index in [0.717, 1.165) is 12.8 Å². The Labute approximate surface area is 96.7 Å². The highest BCUT2D eigenvalue weighted by Crippen LogP contribution is 2.23. The molecule has 6 heteroatoms. The van der Waals surface area contributed by atoms with Gasteiger partial charge in [0.1, 0.15) is 0 Å². The van der Waals surface area contributed by atoms with E-state index in [1.54, 1.807) is 6.92 Å². The van der Waals surface area contributed by atoms with Crippen molar-refractivity contribution < 1.29 is 13.2 Å². The molecule has 1 fully saturated rings. The molecule has 2 unspecified atom stereocenters. The predicted octanol–water partition coefficient (Wildman–Crippen LogP) is -0.335. The van der Waals surface area contributed by atoms with Crippen LogP contribution in [0.1, 0.15) is 26.2 Å². The van der Waals surface area contributed by atoms with Gasteiger partial charge in [-0.3, -0.25) is 4.79 Å². The van der Waals surface area contributed by atoms with Crippen molar-refractivity contribution in [2.24, 2.45) is 11.7 Å². The first-order valence-corrected chi connectivity index (χ1v) is 7.50. The molecule has 1 saturated carbocycles. The first kappa shape index (κ1) is 13.4. The van der Waals surface area contributed by atoms with Crippen molar-refractivity contribution in [1.29, 1.82) is 0 Å². The molecule has 0 spiro atoms. The average Bonchev–Trinajstić information content (AvgIpc) is 2.64. The zero-order chi connectivity index (χ0) is 12.2. The van der Waals surface area contributed by atoms with Crippen LogP contribution in [-0.4, -0.2) is 38.4 Å². The van der Waals surface area contributed by atoms with Gasteiger partial charge in [-0.05, 0) is 19.3 Å². The Kier molecular flexibility index (Phi) is 4.73. The largest absolute Gasteiger partial charge is 0.355 e. The maximum Gasteiger partial charge on any atom is 0.223 e. The zero-order valence-electron chi connectivity index (χ0n) is 9.61. The fourth-order valence-corrected chi connectivity index (χ4v) is 2.57. The lowest BCUT2D eigenvalue weighted by atomic mass is 10.1. The number of amides is 1. The van der Waals surface area contributed by atoms with Gasteiger partial charge in [0.25, 0.3) is 0 Å². The Morgan fingerprint density at radius 1 is 1.44 bits per heavy atom. The van der Waals surface area contributed by atoms with Crippen LogP contribution < -0.4 is 11.1 Å². The second kappa shape index (κ2) is 5.63. The molecule has 1 rings (SSSR count). The van der Waals surface area contributed by atoms with Gasteiger partial charge in [0.2, 0.25) is 5.91 Å². The molecule has 0 saturated heterocycles. The van der Waals surface area contributed by atoms with E-state index in [1.165, 1.54) is 0 Å². The Morgan fingerprint density at radius 2 is 2.12 bits per heavy atom. The summed E-state index contributed by atoms with van der Waals surface area (Å²) in [7, 11) is -2.99. The molecule has 1 aliphatic carbocycles. The molecule has 16 heavy (non-hydrogen) atoms. The lowest BCUT2D eigenvalue weighted by molar-refractivity contribution is -0.124. The van der Waals surface area contributed by atoms with Crippen LogP contribution in [0.4, 0.5) is 0 Å². The highest BCUT2D eigenvalue weighted by Gasteiger charge is 2.27. The fraction of sp³-hybridized carbons (Fsp3) is 0.900. The number of hydrogen-bond acceptors (Lipinski definition) is 4. The summed E-state index contributed by atoms with van der Waals surface area (Å²) in [5.41, 5.74) is 5.71. The quantitative estimate of drug-likeness (QED) is 0.697. The summed E-state index contributed by atoms with van der Waals surface area (Å²) in [6.45, 7) is 1.81. The molecular formula is C10H20N2O3S. The third-order valence-electron chi connectivity index (χ3n) is 3.00. The molecule has 0 bridgehead atoms. The van der Waals surface area contributed by atoms with E-state index >= 15 is 0 Å². The van der Waals surface area contributed by atoms with E-state index < -0.39 is 9.84 Å². The predicted molar refractivity (Wildman–Crippen MR) is 62.7 cm³/mol. The number of carbonyl (C=O) groups is 1. The molecule has 5 nitrogen and oxygen atoms in total. The van der Waals surface area contributed by atoms with Gasteiger partial charge in [0.05, 0.1) is 5.75 Å². The van der Waals surface area contributed by atoms with Gasteiger partial charge in [-0.25, -0.2) is 8.42 Å². The van der Waals surface area contributed by atoms with Crippen LogP contribution in [0.25, 0.3) is 0 Å². The van der Waals surface area contributed by atoms with E-state index in [9.17, 15) is 13.2 Å². The van der Waals surface area contributed by atoms with Crippen LogP contribution in [0.3, 0.4) is 0 Å². The summed E-state index contributed by atoms with van der Waals surface area (Å²) < 4.78 is 22.4. The zero-order valence-corrected chi connectivity index (χ0v) is 10.4. The van der Waals surface area contributed by atoms with Gasteiger partial charge in [0, 0.05) is 24.3 Å². The van der Waals surface area contributed by atoms with Gasteiger partial charge < -0.3 is 11.1 Å². The first-order valence-electron chi connectivity index (χ1n) is 5.68. The molecule has 0 radical (unpaired) electrons. The van der Waals surface area contributed by atoms with E-state index in [4.69, 9.17) is 5.73 Å². The van der Waals surface area contributed by atoms with Crippen molar-refractivity contribution in [2.45, 2.75) is 32.2 Å². The number of carbonyl (C=O) groups excluding carboxylic acids is 1. The Bertz CT molecular complexity index is 340. The highest BCUT2D eigenvalue weighted by molar-refractivity contribution is 7.91. The molecule has 0 heterocycles. The molecule has 1 aliphatic rings. The number of hydrogen-bond donors (Lipinski definition) is 2. The lowest BCUT2D eigenvalue weighted by Crippen LogP contribution is -2.34. The average molecular weight is 248 g/mol. The molecule has 0 aromatic heterocycles. The van der Waals surface area contributed by atoms with Crippen LogP contribution in [-0.2, 0) is 14.6 Å². The summed E-state index contributed by atoms with van der Waals surface area (Å²) >= 11 is 0. The third kappa shape index (κ3) is 4.09. The molecular weight excluding hydrogens is 228 g/mol. The number of rotatable bonds is 5. The summed E-state index contributed by atoms with van der Waals surface area (Å²) in [5.74, 6) is 0.0594. The van der Waals surface area contributed by atoms with Crippen molar-refractivity contribution in [1.82, 2.24) is 5.32 Å². The van der Waals surface area contributed by atoms with Gasteiger partial charge in [0.15, 0.2) is 9.84 Å². The smallest absolute Gasteiger partial charge is 0.223 e. The number of nitrogens with one attached hydrogen (secondary N) is 1. The molecule has 94 valence electrons. The summed E-state index contributed by atoms with van der Waals surface area (Å²) in [6, 6.07) is 0.120. The van der Waals surface area contributed by atoms with E-state index in [-0.39, 0.29) is 35.9 Å². The lowest BCUT2D eigenvalue weighted by Gasteiger charge is -2.10. The van der Waals surface area contributed by atoms with Crippen molar-refractivity contribution in [3.8, 4) is 0 Å². The Hall–Kier alpha value is -0.620. The van der Waals surface area contributed by atoms with Crippen LogP contribution in [0.15, 0.2) is 0 Å². The van der Waals surface area contributed by atoms with Gasteiger partial charge in [-0.2, -0.15) is 0 Å². The maximum atomic E-state index is 11.6. The minimum atomic E-state index is -2.99. The molecule has 1 amide bonds. The van der Waals surface area contributed by atoms with Gasteiger partial charge in [-0.15, -0.1) is 0 Å². The van der Waals surface area contributed by atoms with Crippen LogP contribution in [0, 0.1) is 5.92 Å². The first-order chi connectivity index (χ1) is 7.44. The fourth-order valence-electron chi connectivity index (χ4n) is 1.87. The van der Waals surface area contributed by atoms with Crippen LogP contribution in [0.2, 0.25) is 0 Å².